The monoisotopic (exact) mass is 328 g/mol. The molecule has 1 atom stereocenters. The summed E-state index contributed by atoms with van der Waals surface area (Å²) in [4.78, 5) is 1.06. The molecule has 2 aromatic rings. The molecule has 0 radical (unpaired) electrons. The van der Waals surface area contributed by atoms with E-state index in [0.717, 1.165) is 30.0 Å². The first-order chi connectivity index (χ1) is 10.0. The van der Waals surface area contributed by atoms with Gasteiger partial charge in [-0.15, -0.1) is 11.3 Å². The number of H-pyrrole nitrogens is 1. The Labute approximate surface area is 129 Å². The minimum atomic E-state index is -3.49. The standard InChI is InChI=1S/C13H20N4O2S2/c1-3-14-7-6-12-4-5-13(20-12)21(18,19)17-10(2)11-8-15-16-9-11/h4-5,8-10,14,17H,3,6-7H2,1-2H3,(H,15,16). The average molecular weight is 328 g/mol. The summed E-state index contributed by atoms with van der Waals surface area (Å²) < 4.78 is 27.7. The highest BCUT2D eigenvalue weighted by Crippen LogP contribution is 2.23. The predicted octanol–water partition coefficient (Wildman–Crippen LogP) is 1.66. The van der Waals surface area contributed by atoms with Crippen molar-refractivity contribution >= 4 is 21.4 Å². The summed E-state index contributed by atoms with van der Waals surface area (Å²) in [5.74, 6) is 0. The number of thiophene rings is 1. The zero-order chi connectivity index (χ0) is 15.3. The molecule has 0 aliphatic carbocycles. The fraction of sp³-hybridized carbons (Fsp3) is 0.462. The largest absolute Gasteiger partial charge is 0.317 e. The van der Waals surface area contributed by atoms with E-state index in [1.54, 1.807) is 25.4 Å². The highest BCUT2D eigenvalue weighted by Gasteiger charge is 2.20. The van der Waals surface area contributed by atoms with Gasteiger partial charge in [0.1, 0.15) is 4.21 Å². The van der Waals surface area contributed by atoms with Crippen LogP contribution in [0.3, 0.4) is 0 Å². The van der Waals surface area contributed by atoms with Crippen molar-refractivity contribution in [3.8, 4) is 0 Å². The van der Waals surface area contributed by atoms with Gasteiger partial charge in [-0.25, -0.2) is 13.1 Å². The van der Waals surface area contributed by atoms with Crippen LogP contribution in [0.5, 0.6) is 0 Å². The van der Waals surface area contributed by atoms with Gasteiger partial charge >= 0.3 is 0 Å². The van der Waals surface area contributed by atoms with Crippen molar-refractivity contribution < 1.29 is 8.42 Å². The summed E-state index contributed by atoms with van der Waals surface area (Å²) in [6.45, 7) is 5.61. The van der Waals surface area contributed by atoms with E-state index in [1.807, 2.05) is 13.0 Å². The van der Waals surface area contributed by atoms with Crippen LogP contribution in [0.1, 0.15) is 30.3 Å². The fourth-order valence-corrected chi connectivity index (χ4v) is 4.49. The lowest BCUT2D eigenvalue weighted by atomic mass is 10.2. The Morgan fingerprint density at radius 2 is 2.24 bits per heavy atom. The van der Waals surface area contributed by atoms with E-state index in [0.29, 0.717) is 4.21 Å². The number of hydrogen-bond donors (Lipinski definition) is 3. The summed E-state index contributed by atoms with van der Waals surface area (Å²) in [6, 6.07) is 3.22. The second kappa shape index (κ2) is 7.17. The van der Waals surface area contributed by atoms with Gasteiger partial charge in [-0.1, -0.05) is 6.92 Å². The third-order valence-corrected chi connectivity index (χ3v) is 6.23. The number of likely N-dealkylation sites (N-methyl/N-ethyl adjacent to an activating group) is 1. The summed E-state index contributed by atoms with van der Waals surface area (Å²) >= 11 is 1.32. The van der Waals surface area contributed by atoms with E-state index in [4.69, 9.17) is 0 Å². The van der Waals surface area contributed by atoms with Gasteiger partial charge in [0, 0.05) is 22.7 Å². The molecule has 0 saturated carbocycles. The number of nitrogens with zero attached hydrogens (tertiary/aromatic N) is 1. The summed E-state index contributed by atoms with van der Waals surface area (Å²) in [5.41, 5.74) is 0.808. The molecule has 8 heteroatoms. The first kappa shape index (κ1) is 16.2. The van der Waals surface area contributed by atoms with Crippen LogP contribution < -0.4 is 10.0 Å². The van der Waals surface area contributed by atoms with Gasteiger partial charge in [-0.05, 0) is 38.6 Å². The minimum absolute atomic E-state index is 0.318. The minimum Gasteiger partial charge on any atom is -0.317 e. The zero-order valence-electron chi connectivity index (χ0n) is 12.1. The van der Waals surface area contributed by atoms with Crippen LogP contribution in [-0.2, 0) is 16.4 Å². The average Bonchev–Trinajstić information content (AvgIpc) is 3.10. The normalized spacial score (nSPS) is 13.4. The summed E-state index contributed by atoms with van der Waals surface area (Å²) in [7, 11) is -3.49. The van der Waals surface area contributed by atoms with Gasteiger partial charge < -0.3 is 5.32 Å². The number of aromatic amines is 1. The first-order valence-corrected chi connectivity index (χ1v) is 9.13. The van der Waals surface area contributed by atoms with Gasteiger partial charge in [0.15, 0.2) is 0 Å². The maximum Gasteiger partial charge on any atom is 0.250 e. The molecule has 0 aliphatic rings. The Morgan fingerprint density at radius 3 is 2.90 bits per heavy atom. The highest BCUT2D eigenvalue weighted by molar-refractivity contribution is 7.91. The van der Waals surface area contributed by atoms with Crippen molar-refractivity contribution in [2.45, 2.75) is 30.5 Å². The fourth-order valence-electron chi connectivity index (χ4n) is 1.88. The van der Waals surface area contributed by atoms with E-state index in [9.17, 15) is 8.42 Å². The quantitative estimate of drug-likeness (QED) is 0.643. The molecule has 3 N–H and O–H groups in total. The Hall–Kier alpha value is -1.22. The smallest absolute Gasteiger partial charge is 0.250 e. The molecular formula is C13H20N4O2S2. The molecule has 0 amide bonds. The molecular weight excluding hydrogens is 308 g/mol. The Bertz CT molecular complexity index is 650. The van der Waals surface area contributed by atoms with Gasteiger partial charge in [0.25, 0.3) is 10.0 Å². The molecule has 21 heavy (non-hydrogen) atoms. The predicted molar refractivity (Wildman–Crippen MR) is 83.9 cm³/mol. The number of nitrogens with one attached hydrogen (secondary N) is 3. The number of hydrogen-bond acceptors (Lipinski definition) is 5. The molecule has 0 aliphatic heterocycles. The second-order valence-electron chi connectivity index (χ2n) is 4.70. The number of sulfonamides is 1. The Balaban J connectivity index is 2.02. The van der Waals surface area contributed by atoms with Crippen molar-refractivity contribution in [1.29, 1.82) is 0 Å². The van der Waals surface area contributed by atoms with E-state index in [1.165, 1.54) is 11.3 Å². The highest BCUT2D eigenvalue weighted by atomic mass is 32.2. The van der Waals surface area contributed by atoms with Crippen LogP contribution in [0.25, 0.3) is 0 Å². The lowest BCUT2D eigenvalue weighted by Gasteiger charge is -2.11. The molecule has 1 unspecified atom stereocenters. The number of rotatable bonds is 8. The molecule has 2 aromatic heterocycles. The van der Waals surface area contributed by atoms with Gasteiger partial charge in [0.2, 0.25) is 0 Å². The molecule has 0 aromatic carbocycles. The van der Waals surface area contributed by atoms with E-state index in [-0.39, 0.29) is 6.04 Å². The van der Waals surface area contributed by atoms with Gasteiger partial charge in [0.05, 0.1) is 6.20 Å². The maximum atomic E-state index is 12.3. The van der Waals surface area contributed by atoms with Crippen molar-refractivity contribution in [1.82, 2.24) is 20.2 Å². The van der Waals surface area contributed by atoms with Crippen molar-refractivity contribution in [2.24, 2.45) is 0 Å². The van der Waals surface area contributed by atoms with Crippen LogP contribution in [0.2, 0.25) is 0 Å². The molecule has 0 spiro atoms. The molecule has 0 bridgehead atoms. The summed E-state index contributed by atoms with van der Waals surface area (Å²) in [5, 5.41) is 9.73. The van der Waals surface area contributed by atoms with Gasteiger partial charge in [-0.3, -0.25) is 5.10 Å². The number of aromatic nitrogens is 2. The van der Waals surface area contributed by atoms with Crippen LogP contribution in [0.4, 0.5) is 0 Å². The van der Waals surface area contributed by atoms with Crippen LogP contribution in [-0.4, -0.2) is 31.7 Å². The first-order valence-electron chi connectivity index (χ1n) is 6.83. The van der Waals surface area contributed by atoms with Gasteiger partial charge in [-0.2, -0.15) is 5.10 Å². The lowest BCUT2D eigenvalue weighted by molar-refractivity contribution is 0.569. The topological polar surface area (TPSA) is 86.9 Å². The van der Waals surface area contributed by atoms with Crippen molar-refractivity contribution in [2.75, 3.05) is 13.1 Å². The summed E-state index contributed by atoms with van der Waals surface area (Å²) in [6.07, 6.45) is 4.14. The Kier molecular flexibility index (Phi) is 5.51. The third kappa shape index (κ3) is 4.37. The maximum absolute atomic E-state index is 12.3. The molecule has 6 nitrogen and oxygen atoms in total. The molecule has 2 rings (SSSR count). The van der Waals surface area contributed by atoms with Crippen molar-refractivity contribution in [3.63, 3.8) is 0 Å². The SMILES string of the molecule is CCNCCc1ccc(S(=O)(=O)NC(C)c2cn[nH]c2)s1. The van der Waals surface area contributed by atoms with E-state index < -0.39 is 10.0 Å². The second-order valence-corrected chi connectivity index (χ2v) is 7.81. The van der Waals surface area contributed by atoms with Crippen molar-refractivity contribution in [3.05, 3.63) is 35.0 Å². The van der Waals surface area contributed by atoms with E-state index in [2.05, 4.69) is 20.2 Å². The molecule has 2 heterocycles. The van der Waals surface area contributed by atoms with Crippen LogP contribution in [0, 0.1) is 0 Å². The molecule has 116 valence electrons. The molecule has 0 saturated heterocycles. The van der Waals surface area contributed by atoms with Crippen LogP contribution >= 0.6 is 11.3 Å². The third-order valence-electron chi connectivity index (χ3n) is 3.05. The lowest BCUT2D eigenvalue weighted by Crippen LogP contribution is -2.25. The zero-order valence-corrected chi connectivity index (χ0v) is 13.7. The van der Waals surface area contributed by atoms with Crippen LogP contribution in [0.15, 0.2) is 28.7 Å². The molecule has 0 fully saturated rings. The Morgan fingerprint density at radius 1 is 1.43 bits per heavy atom. The van der Waals surface area contributed by atoms with E-state index >= 15 is 0 Å².